The number of nitrogens with zero attached hydrogens (tertiary/aromatic N) is 1. The van der Waals surface area contributed by atoms with Crippen molar-refractivity contribution in [2.24, 2.45) is 0 Å². The molecule has 0 bridgehead atoms. The van der Waals surface area contributed by atoms with Crippen LogP contribution in [0.3, 0.4) is 0 Å². The second kappa shape index (κ2) is 8.71. The average molecular weight is 268 g/mol. The SMILES string of the molecule is CCC(CC)N1CCC[CH2][GaH][CH2]CCC1. The molecule has 15 heavy (non-hydrogen) atoms. The summed E-state index contributed by atoms with van der Waals surface area (Å²) in [7, 11) is 0. The van der Waals surface area contributed by atoms with Crippen molar-refractivity contribution in [2.75, 3.05) is 13.1 Å². The molecule has 1 aliphatic heterocycles. The molecular weight excluding hydrogens is 240 g/mol. The van der Waals surface area contributed by atoms with E-state index in [0.717, 1.165) is 6.04 Å². The minimum atomic E-state index is -0.0463. The summed E-state index contributed by atoms with van der Waals surface area (Å²) < 4.78 is 0. The van der Waals surface area contributed by atoms with Gasteiger partial charge in [0, 0.05) is 0 Å². The van der Waals surface area contributed by atoms with E-state index in [-0.39, 0.29) is 17.4 Å². The number of hydrogen-bond donors (Lipinski definition) is 0. The fraction of sp³-hybridized carbons (Fsp3) is 1.00. The Labute approximate surface area is 104 Å². The van der Waals surface area contributed by atoms with Gasteiger partial charge in [-0.05, 0) is 0 Å². The molecule has 88 valence electrons. The average Bonchev–Trinajstić information content (AvgIpc) is 2.28. The molecule has 1 saturated heterocycles. The van der Waals surface area contributed by atoms with E-state index in [9.17, 15) is 0 Å². The minimum absolute atomic E-state index is 0.0463. The van der Waals surface area contributed by atoms with Crippen LogP contribution in [0.15, 0.2) is 0 Å². The molecule has 0 amide bonds. The van der Waals surface area contributed by atoms with Crippen molar-refractivity contribution in [3.05, 3.63) is 0 Å². The van der Waals surface area contributed by atoms with E-state index in [1.807, 2.05) is 0 Å². The molecule has 1 fully saturated rings. The van der Waals surface area contributed by atoms with Crippen LogP contribution in [0, 0.1) is 0 Å². The summed E-state index contributed by atoms with van der Waals surface area (Å²) in [5, 5.41) is 0. The summed E-state index contributed by atoms with van der Waals surface area (Å²) in [5.74, 6) is 0. The molecule has 1 rings (SSSR count). The van der Waals surface area contributed by atoms with Crippen LogP contribution in [0.1, 0.15) is 52.4 Å². The molecule has 0 saturated carbocycles. The summed E-state index contributed by atoms with van der Waals surface area (Å²) in [4.78, 5) is 6.09. The Bertz CT molecular complexity index is 135. The quantitative estimate of drug-likeness (QED) is 0.710. The third-order valence-corrected chi connectivity index (χ3v) is 8.05. The molecule has 2 heteroatoms. The van der Waals surface area contributed by atoms with Gasteiger partial charge in [0.25, 0.3) is 0 Å². The van der Waals surface area contributed by atoms with E-state index in [1.165, 1.54) is 51.6 Å². The van der Waals surface area contributed by atoms with Crippen LogP contribution in [0.2, 0.25) is 9.95 Å². The second-order valence-corrected chi connectivity index (χ2v) is 9.43. The zero-order chi connectivity index (χ0) is 10.9. The first kappa shape index (κ1) is 13.7. The van der Waals surface area contributed by atoms with E-state index in [1.54, 1.807) is 9.95 Å². The molecule has 1 heterocycles. The van der Waals surface area contributed by atoms with Crippen molar-refractivity contribution in [3.63, 3.8) is 0 Å². The van der Waals surface area contributed by atoms with Crippen molar-refractivity contribution in [1.82, 2.24) is 4.90 Å². The van der Waals surface area contributed by atoms with Crippen LogP contribution in [0.5, 0.6) is 0 Å². The Kier molecular flexibility index (Phi) is 7.94. The van der Waals surface area contributed by atoms with Crippen LogP contribution >= 0.6 is 0 Å². The molecule has 0 atom stereocenters. The van der Waals surface area contributed by atoms with Crippen LogP contribution < -0.4 is 0 Å². The van der Waals surface area contributed by atoms with E-state index >= 15 is 0 Å². The van der Waals surface area contributed by atoms with Gasteiger partial charge in [0.2, 0.25) is 0 Å². The van der Waals surface area contributed by atoms with Gasteiger partial charge in [-0.2, -0.15) is 0 Å². The van der Waals surface area contributed by atoms with Crippen molar-refractivity contribution in [2.45, 2.75) is 68.4 Å². The Morgan fingerprint density at radius 3 is 1.93 bits per heavy atom. The first-order chi connectivity index (χ1) is 7.38. The molecule has 0 aromatic carbocycles. The predicted molar refractivity (Wildman–Crippen MR) is 71.2 cm³/mol. The van der Waals surface area contributed by atoms with E-state index in [4.69, 9.17) is 0 Å². The summed E-state index contributed by atoms with van der Waals surface area (Å²) in [6.45, 7) is 7.47. The Morgan fingerprint density at radius 1 is 0.933 bits per heavy atom. The first-order valence-corrected chi connectivity index (χ1v) is 11.3. The molecule has 0 aromatic heterocycles. The second-order valence-electron chi connectivity index (χ2n) is 4.98. The van der Waals surface area contributed by atoms with E-state index < -0.39 is 0 Å². The number of hydrogen-bond acceptors (Lipinski definition) is 1. The summed E-state index contributed by atoms with van der Waals surface area (Å²) in [6, 6.07) is 0.867. The van der Waals surface area contributed by atoms with Gasteiger partial charge in [-0.1, -0.05) is 0 Å². The fourth-order valence-electron chi connectivity index (χ4n) is 2.80. The van der Waals surface area contributed by atoms with Gasteiger partial charge in [0.15, 0.2) is 0 Å². The topological polar surface area (TPSA) is 3.24 Å². The maximum atomic E-state index is 2.78. The van der Waals surface area contributed by atoms with Crippen molar-refractivity contribution >= 4 is 17.4 Å². The Morgan fingerprint density at radius 2 is 1.47 bits per heavy atom. The van der Waals surface area contributed by atoms with Gasteiger partial charge in [-0.15, -0.1) is 0 Å². The van der Waals surface area contributed by atoms with Gasteiger partial charge in [-0.3, -0.25) is 0 Å². The summed E-state index contributed by atoms with van der Waals surface area (Å²) in [6.07, 6.45) is 8.71. The molecule has 0 aliphatic carbocycles. The van der Waals surface area contributed by atoms with Crippen LogP contribution in [0.25, 0.3) is 0 Å². The molecule has 0 unspecified atom stereocenters. The Hall–Kier alpha value is 0.596. The first-order valence-electron chi connectivity index (χ1n) is 7.12. The van der Waals surface area contributed by atoms with Crippen molar-refractivity contribution in [1.29, 1.82) is 0 Å². The van der Waals surface area contributed by atoms with Crippen molar-refractivity contribution in [3.8, 4) is 0 Å². The van der Waals surface area contributed by atoms with Crippen molar-refractivity contribution < 1.29 is 0 Å². The zero-order valence-corrected chi connectivity index (χ0v) is 13.8. The summed E-state index contributed by atoms with van der Waals surface area (Å²) >= 11 is -0.0463. The third-order valence-electron chi connectivity index (χ3n) is 3.85. The van der Waals surface area contributed by atoms with Gasteiger partial charge in [0.05, 0.1) is 0 Å². The monoisotopic (exact) mass is 267 g/mol. The van der Waals surface area contributed by atoms with Crippen LogP contribution in [-0.2, 0) is 0 Å². The molecule has 1 nitrogen and oxygen atoms in total. The third kappa shape index (κ3) is 5.46. The fourth-order valence-corrected chi connectivity index (χ4v) is 6.50. The van der Waals surface area contributed by atoms with Gasteiger partial charge in [-0.25, -0.2) is 0 Å². The summed E-state index contributed by atoms with van der Waals surface area (Å²) in [5.41, 5.74) is 0. The molecule has 0 aromatic rings. The molecule has 0 N–H and O–H groups in total. The molecule has 1 aliphatic rings. The number of rotatable bonds is 3. The zero-order valence-electron chi connectivity index (χ0n) is 10.8. The van der Waals surface area contributed by atoms with E-state index in [2.05, 4.69) is 18.7 Å². The molecular formula is C13H28GaN. The van der Waals surface area contributed by atoms with Gasteiger partial charge in [0.1, 0.15) is 0 Å². The van der Waals surface area contributed by atoms with Crippen LogP contribution in [-0.4, -0.2) is 41.4 Å². The van der Waals surface area contributed by atoms with Crippen LogP contribution in [0.4, 0.5) is 0 Å². The normalized spacial score (nSPS) is 21.3. The standard InChI is InChI=1S/C13H27N.Ga.H/c1-5-9-11-14(12-10-6-2)13(7-3)8-4;;/h13H,1-2,5-12H2,3-4H3;;. The Balaban J connectivity index is 2.36. The predicted octanol–water partition coefficient (Wildman–Crippen LogP) is 3.32. The van der Waals surface area contributed by atoms with Gasteiger partial charge >= 0.3 is 104 Å². The molecule has 0 radical (unpaired) electrons. The van der Waals surface area contributed by atoms with Gasteiger partial charge < -0.3 is 0 Å². The maximum absolute atomic E-state index is 2.78. The molecule has 0 spiro atoms. The van der Waals surface area contributed by atoms with E-state index in [0.29, 0.717) is 0 Å².